The molecule has 2 N–H and O–H groups in total. The molecule has 190 valence electrons. The van der Waals surface area contributed by atoms with Crippen molar-refractivity contribution in [1.29, 1.82) is 0 Å². The first-order valence-corrected chi connectivity index (χ1v) is 11.6. The lowest BCUT2D eigenvalue weighted by atomic mass is 9.99. The van der Waals surface area contributed by atoms with E-state index in [9.17, 15) is 27.9 Å². The van der Waals surface area contributed by atoms with Crippen molar-refractivity contribution >= 4 is 28.5 Å². The zero-order valence-electron chi connectivity index (χ0n) is 20.0. The highest BCUT2D eigenvalue weighted by Gasteiger charge is 2.34. The molecule has 1 aliphatic heterocycles. The highest BCUT2D eigenvalue weighted by atomic mass is 19.4. The van der Waals surface area contributed by atoms with Crippen molar-refractivity contribution in [3.8, 4) is 0 Å². The molecule has 0 bridgehead atoms. The van der Waals surface area contributed by atoms with E-state index in [1.165, 1.54) is 12.1 Å². The molecule has 0 amide bonds. The first-order chi connectivity index (χ1) is 17.5. The summed E-state index contributed by atoms with van der Waals surface area (Å²) in [6.07, 6.45) is -4.70. The topological polar surface area (TPSA) is 82.8 Å². The lowest BCUT2D eigenvalue weighted by Gasteiger charge is -2.23. The molecule has 0 unspecified atom stereocenters. The maximum atomic E-state index is 13.8. The average molecular weight is 508 g/mol. The molecule has 0 aliphatic carbocycles. The van der Waals surface area contributed by atoms with Crippen molar-refractivity contribution in [3.05, 3.63) is 104 Å². The van der Waals surface area contributed by atoms with Crippen LogP contribution in [0.5, 0.6) is 0 Å². The van der Waals surface area contributed by atoms with E-state index in [-0.39, 0.29) is 33.3 Å². The van der Waals surface area contributed by atoms with Crippen molar-refractivity contribution < 1.29 is 27.5 Å². The van der Waals surface area contributed by atoms with Gasteiger partial charge in [0.15, 0.2) is 5.43 Å². The van der Waals surface area contributed by atoms with Gasteiger partial charge in [-0.25, -0.2) is 4.79 Å². The summed E-state index contributed by atoms with van der Waals surface area (Å²) in [6.45, 7) is 4.15. The van der Waals surface area contributed by atoms with Crippen LogP contribution in [-0.2, 0) is 19.3 Å². The second kappa shape index (κ2) is 8.99. The van der Waals surface area contributed by atoms with Crippen molar-refractivity contribution in [1.82, 2.24) is 0 Å². The van der Waals surface area contributed by atoms with Crippen molar-refractivity contribution in [3.63, 3.8) is 0 Å². The number of carboxylic acid groups (broad SMARTS) is 1. The van der Waals surface area contributed by atoms with Crippen LogP contribution in [0.3, 0.4) is 0 Å². The van der Waals surface area contributed by atoms with E-state index >= 15 is 0 Å². The van der Waals surface area contributed by atoms with Crippen LogP contribution < -0.4 is 15.6 Å². The van der Waals surface area contributed by atoms with Crippen molar-refractivity contribution in [2.24, 2.45) is 0 Å². The summed E-state index contributed by atoms with van der Waals surface area (Å²) < 4.78 is 47.7. The highest BCUT2D eigenvalue weighted by Crippen LogP contribution is 2.38. The number of fused-ring (bicyclic) bond motifs is 2. The Labute approximate surface area is 210 Å². The van der Waals surface area contributed by atoms with Crippen LogP contribution in [0.1, 0.15) is 51.1 Å². The fraction of sp³-hybridized carbons (Fsp3) is 0.214. The standard InChI is InChI=1S/C28H23F3N2O4/c1-15-24(34)22-12-19(28(29,30)31)11-21(16(2)32-23-10-6-5-9-20(23)27(35)36)25(22)37-26(15)33-13-17-7-3-4-8-18(17)14-33/h3-12,16,32H,13-14H2,1-2H3,(H,35,36)/t16-/m0/s1. The molecule has 6 nitrogen and oxygen atoms in total. The number of hydrogen-bond acceptors (Lipinski definition) is 5. The molecule has 5 rings (SSSR count). The van der Waals surface area contributed by atoms with Gasteiger partial charge in [-0.2, -0.15) is 13.2 Å². The van der Waals surface area contributed by atoms with Gasteiger partial charge in [-0.3, -0.25) is 4.79 Å². The monoisotopic (exact) mass is 508 g/mol. The lowest BCUT2D eigenvalue weighted by molar-refractivity contribution is -0.137. The number of rotatable bonds is 5. The first-order valence-electron chi connectivity index (χ1n) is 11.6. The number of hydrogen-bond donors (Lipinski definition) is 2. The SMILES string of the molecule is Cc1c(N2Cc3ccccc3C2)oc2c([C@H](C)Nc3ccccc3C(=O)O)cc(C(F)(F)F)cc2c1=O. The number of para-hydroxylation sites is 1. The van der Waals surface area contributed by atoms with Gasteiger partial charge in [0, 0.05) is 24.3 Å². The molecular formula is C28H23F3N2O4. The van der Waals surface area contributed by atoms with E-state index in [1.807, 2.05) is 29.2 Å². The molecule has 1 aliphatic rings. The minimum Gasteiger partial charge on any atom is -0.478 e. The Bertz CT molecular complexity index is 1570. The van der Waals surface area contributed by atoms with E-state index in [4.69, 9.17) is 4.42 Å². The van der Waals surface area contributed by atoms with Gasteiger partial charge >= 0.3 is 12.1 Å². The predicted octanol–water partition coefficient (Wildman–Crippen LogP) is 6.51. The lowest BCUT2D eigenvalue weighted by Crippen LogP contribution is -2.21. The largest absolute Gasteiger partial charge is 0.478 e. The molecule has 0 spiro atoms. The maximum Gasteiger partial charge on any atom is 0.416 e. The molecule has 2 heterocycles. The van der Waals surface area contributed by atoms with E-state index in [2.05, 4.69) is 5.32 Å². The minimum atomic E-state index is -4.70. The van der Waals surface area contributed by atoms with Crippen LogP contribution in [0.25, 0.3) is 11.0 Å². The molecule has 1 aromatic heterocycles. The number of aromatic carboxylic acids is 1. The quantitative estimate of drug-likeness (QED) is 0.320. The van der Waals surface area contributed by atoms with Crippen LogP contribution >= 0.6 is 0 Å². The van der Waals surface area contributed by atoms with Crippen molar-refractivity contribution in [2.45, 2.75) is 39.2 Å². The number of nitrogens with zero attached hydrogens (tertiary/aromatic N) is 1. The summed E-state index contributed by atoms with van der Waals surface area (Å²) in [4.78, 5) is 26.9. The highest BCUT2D eigenvalue weighted by molar-refractivity contribution is 5.94. The molecule has 0 saturated carbocycles. The Morgan fingerprint density at radius 3 is 2.30 bits per heavy atom. The number of anilines is 2. The minimum absolute atomic E-state index is 0.0292. The summed E-state index contributed by atoms with van der Waals surface area (Å²) in [5, 5.41) is 12.3. The van der Waals surface area contributed by atoms with Crippen LogP contribution in [0.4, 0.5) is 24.7 Å². The number of carboxylic acids is 1. The Morgan fingerprint density at radius 1 is 1.05 bits per heavy atom. The molecule has 0 radical (unpaired) electrons. The third-order valence-corrected chi connectivity index (χ3v) is 6.67. The molecule has 4 aromatic rings. The summed E-state index contributed by atoms with van der Waals surface area (Å²) in [5.41, 5.74) is 1.19. The van der Waals surface area contributed by atoms with Crippen molar-refractivity contribution in [2.75, 3.05) is 10.2 Å². The van der Waals surface area contributed by atoms with Gasteiger partial charge in [0.1, 0.15) is 5.58 Å². The molecule has 0 saturated heterocycles. The molecule has 37 heavy (non-hydrogen) atoms. The van der Waals surface area contributed by atoms with Crippen LogP contribution in [-0.4, -0.2) is 11.1 Å². The van der Waals surface area contributed by atoms with Gasteiger partial charge in [0.25, 0.3) is 0 Å². The number of nitrogens with one attached hydrogen (secondary N) is 1. The summed E-state index contributed by atoms with van der Waals surface area (Å²) in [7, 11) is 0. The average Bonchev–Trinajstić information content (AvgIpc) is 3.29. The summed E-state index contributed by atoms with van der Waals surface area (Å²) in [6, 6.07) is 14.9. The van der Waals surface area contributed by atoms with Gasteiger partial charge in [0.05, 0.1) is 28.1 Å². The van der Waals surface area contributed by atoms with Gasteiger partial charge in [0.2, 0.25) is 5.88 Å². The van der Waals surface area contributed by atoms with Crippen LogP contribution in [0, 0.1) is 6.92 Å². The van der Waals surface area contributed by atoms with Gasteiger partial charge < -0.3 is 19.7 Å². The summed E-state index contributed by atoms with van der Waals surface area (Å²) in [5.74, 6) is -0.880. The fourth-order valence-electron chi connectivity index (χ4n) is 4.78. The molecular weight excluding hydrogens is 485 g/mol. The Hall–Kier alpha value is -4.27. The zero-order chi connectivity index (χ0) is 26.5. The smallest absolute Gasteiger partial charge is 0.416 e. The molecule has 0 fully saturated rings. The first kappa shape index (κ1) is 24.4. The summed E-state index contributed by atoms with van der Waals surface area (Å²) >= 11 is 0. The predicted molar refractivity (Wildman–Crippen MR) is 134 cm³/mol. The van der Waals surface area contributed by atoms with E-state index in [1.54, 1.807) is 26.0 Å². The number of halogens is 3. The second-order valence-electron chi connectivity index (χ2n) is 9.14. The Kier molecular flexibility index (Phi) is 5.94. The van der Waals surface area contributed by atoms with Gasteiger partial charge in [-0.05, 0) is 49.2 Å². The van der Waals surface area contributed by atoms with E-state index in [0.29, 0.717) is 19.0 Å². The second-order valence-corrected chi connectivity index (χ2v) is 9.14. The molecule has 9 heteroatoms. The fourth-order valence-corrected chi connectivity index (χ4v) is 4.78. The third-order valence-electron chi connectivity index (χ3n) is 6.67. The third kappa shape index (κ3) is 4.41. The Balaban J connectivity index is 1.67. The Morgan fingerprint density at radius 2 is 1.68 bits per heavy atom. The normalized spacial score (nSPS) is 14.0. The molecule has 1 atom stereocenters. The maximum absolute atomic E-state index is 13.8. The number of alkyl halides is 3. The van der Waals surface area contributed by atoms with Gasteiger partial charge in [-0.15, -0.1) is 0 Å². The molecule has 3 aromatic carbocycles. The van der Waals surface area contributed by atoms with Gasteiger partial charge in [-0.1, -0.05) is 36.4 Å². The van der Waals surface area contributed by atoms with E-state index in [0.717, 1.165) is 23.3 Å². The number of carbonyl (C=O) groups is 1. The zero-order valence-corrected chi connectivity index (χ0v) is 20.0. The van der Waals surface area contributed by atoms with Crippen LogP contribution in [0.2, 0.25) is 0 Å². The number of benzene rings is 3. The van der Waals surface area contributed by atoms with Crippen LogP contribution in [0.15, 0.2) is 69.9 Å². The van der Waals surface area contributed by atoms with E-state index < -0.39 is 29.2 Å².